The first kappa shape index (κ1) is 21.9. The number of amides is 1. The van der Waals surface area contributed by atoms with E-state index in [1.165, 1.54) is 4.88 Å². The highest BCUT2D eigenvalue weighted by Crippen LogP contribution is 2.35. The molecule has 33 heavy (non-hydrogen) atoms. The second-order valence-corrected chi connectivity index (χ2v) is 9.96. The third-order valence-electron chi connectivity index (χ3n) is 6.04. The van der Waals surface area contributed by atoms with E-state index in [2.05, 4.69) is 46.9 Å². The highest BCUT2D eigenvalue weighted by Gasteiger charge is 2.25. The summed E-state index contributed by atoms with van der Waals surface area (Å²) < 4.78 is 0. The first-order valence-corrected chi connectivity index (χ1v) is 12.4. The maximum Gasteiger partial charge on any atom is 0.253 e. The topological polar surface area (TPSA) is 49.3 Å². The van der Waals surface area contributed by atoms with Gasteiger partial charge in [0.05, 0.1) is 5.39 Å². The van der Waals surface area contributed by atoms with Gasteiger partial charge in [0.15, 0.2) is 0 Å². The third-order valence-corrected chi connectivity index (χ3v) is 7.54. The monoisotopic (exact) mass is 476 g/mol. The molecule has 3 heterocycles. The Morgan fingerprint density at radius 1 is 0.939 bits per heavy atom. The van der Waals surface area contributed by atoms with E-state index in [1.54, 1.807) is 11.3 Å². The Bertz CT molecular complexity index is 1280. The summed E-state index contributed by atoms with van der Waals surface area (Å²) in [5, 5.41) is 1.32. The molecular formula is C26H25ClN4OS. The van der Waals surface area contributed by atoms with Gasteiger partial charge in [-0.25, -0.2) is 4.98 Å². The molecule has 1 aliphatic rings. The molecule has 0 unspecified atom stereocenters. The molecule has 0 saturated carbocycles. The quantitative estimate of drug-likeness (QED) is 0.334. The number of benzene rings is 2. The number of thiophene rings is 1. The van der Waals surface area contributed by atoms with Crippen LogP contribution in [0.4, 0.5) is 5.82 Å². The maximum absolute atomic E-state index is 13.1. The van der Waals surface area contributed by atoms with Crippen molar-refractivity contribution >= 4 is 44.9 Å². The normalized spacial score (nSPS) is 14.3. The molecule has 1 amide bonds. The third kappa shape index (κ3) is 4.45. The van der Waals surface area contributed by atoms with Gasteiger partial charge in [-0.3, -0.25) is 4.79 Å². The lowest BCUT2D eigenvalue weighted by Crippen LogP contribution is -2.49. The molecular weight excluding hydrogens is 452 g/mol. The van der Waals surface area contributed by atoms with Crippen molar-refractivity contribution in [1.82, 2.24) is 14.9 Å². The summed E-state index contributed by atoms with van der Waals surface area (Å²) in [5.74, 6) is 1.36. The van der Waals surface area contributed by atoms with Gasteiger partial charge >= 0.3 is 0 Å². The van der Waals surface area contributed by atoms with E-state index in [0.717, 1.165) is 32.7 Å². The summed E-state index contributed by atoms with van der Waals surface area (Å²) in [5.41, 5.74) is 2.97. The number of carbonyl (C=O) groups excluding carboxylic acids is 1. The van der Waals surface area contributed by atoms with E-state index in [9.17, 15) is 4.79 Å². The SMILES string of the molecule is CC(C)c1cc2c(N3CCN(C(=O)c4ccc(-c5ccccc5)cc4)CC3)nc(Cl)nc2s1. The minimum absolute atomic E-state index is 0.0674. The average molecular weight is 477 g/mol. The number of carbonyl (C=O) groups is 1. The van der Waals surface area contributed by atoms with Crippen molar-refractivity contribution in [2.45, 2.75) is 19.8 Å². The van der Waals surface area contributed by atoms with Gasteiger partial charge in [-0.15, -0.1) is 11.3 Å². The summed E-state index contributed by atoms with van der Waals surface area (Å²) in [6.07, 6.45) is 0. The van der Waals surface area contributed by atoms with Crippen LogP contribution >= 0.6 is 22.9 Å². The van der Waals surface area contributed by atoms with Gasteiger partial charge in [0, 0.05) is 36.6 Å². The van der Waals surface area contributed by atoms with Gasteiger partial charge in [-0.05, 0) is 46.8 Å². The van der Waals surface area contributed by atoms with Crippen molar-refractivity contribution in [3.8, 4) is 11.1 Å². The number of anilines is 1. The number of nitrogens with zero attached hydrogens (tertiary/aromatic N) is 4. The first-order chi connectivity index (χ1) is 16.0. The molecule has 0 radical (unpaired) electrons. The summed E-state index contributed by atoms with van der Waals surface area (Å²) in [6.45, 7) is 7.06. The molecule has 0 aliphatic carbocycles. The number of fused-ring (bicyclic) bond motifs is 1. The van der Waals surface area contributed by atoms with Crippen molar-refractivity contribution < 1.29 is 4.79 Å². The molecule has 0 bridgehead atoms. The van der Waals surface area contributed by atoms with Crippen LogP contribution in [0.2, 0.25) is 5.28 Å². The fourth-order valence-electron chi connectivity index (χ4n) is 4.17. The minimum Gasteiger partial charge on any atom is -0.352 e. The Labute approximate surface area is 202 Å². The van der Waals surface area contributed by atoms with Crippen molar-refractivity contribution in [3.05, 3.63) is 76.4 Å². The van der Waals surface area contributed by atoms with Crippen LogP contribution in [0.25, 0.3) is 21.3 Å². The summed E-state index contributed by atoms with van der Waals surface area (Å²) >= 11 is 7.91. The molecule has 168 valence electrons. The van der Waals surface area contributed by atoms with Gasteiger partial charge in [0.25, 0.3) is 5.91 Å². The lowest BCUT2D eigenvalue weighted by molar-refractivity contribution is 0.0746. The predicted molar refractivity (Wildman–Crippen MR) is 137 cm³/mol. The Morgan fingerprint density at radius 3 is 2.27 bits per heavy atom. The molecule has 5 nitrogen and oxygen atoms in total. The molecule has 0 atom stereocenters. The average Bonchev–Trinajstić information content (AvgIpc) is 3.28. The fraction of sp³-hybridized carbons (Fsp3) is 0.269. The highest BCUT2D eigenvalue weighted by atomic mass is 35.5. The van der Waals surface area contributed by atoms with E-state index in [-0.39, 0.29) is 11.2 Å². The highest BCUT2D eigenvalue weighted by molar-refractivity contribution is 7.18. The number of piperazine rings is 1. The van der Waals surface area contributed by atoms with E-state index >= 15 is 0 Å². The molecule has 4 aromatic rings. The van der Waals surface area contributed by atoms with Crippen LogP contribution < -0.4 is 4.90 Å². The fourth-order valence-corrected chi connectivity index (χ4v) is 5.41. The van der Waals surface area contributed by atoms with E-state index < -0.39 is 0 Å². The number of hydrogen-bond acceptors (Lipinski definition) is 5. The van der Waals surface area contributed by atoms with Crippen LogP contribution in [-0.4, -0.2) is 47.0 Å². The molecule has 2 aromatic heterocycles. The molecule has 2 aromatic carbocycles. The van der Waals surface area contributed by atoms with Gasteiger partial charge in [-0.2, -0.15) is 4.98 Å². The molecule has 0 N–H and O–H groups in total. The van der Waals surface area contributed by atoms with Crippen LogP contribution in [-0.2, 0) is 0 Å². The lowest BCUT2D eigenvalue weighted by Gasteiger charge is -2.35. The van der Waals surface area contributed by atoms with Crippen molar-refractivity contribution in [1.29, 1.82) is 0 Å². The van der Waals surface area contributed by atoms with Crippen molar-refractivity contribution in [3.63, 3.8) is 0 Å². The minimum atomic E-state index is 0.0674. The molecule has 1 saturated heterocycles. The standard InChI is InChI=1S/C26H25ClN4OS/c1-17(2)22-16-21-23(28-26(27)29-24(21)33-22)30-12-14-31(15-13-30)25(32)20-10-8-19(9-11-20)18-6-4-3-5-7-18/h3-11,16-17H,12-15H2,1-2H3. The maximum atomic E-state index is 13.1. The van der Waals surface area contributed by atoms with Gasteiger partial charge < -0.3 is 9.80 Å². The smallest absolute Gasteiger partial charge is 0.253 e. The number of hydrogen-bond donors (Lipinski definition) is 0. The summed E-state index contributed by atoms with van der Waals surface area (Å²) in [6, 6.07) is 20.2. The van der Waals surface area contributed by atoms with Crippen molar-refractivity contribution in [2.75, 3.05) is 31.1 Å². The van der Waals surface area contributed by atoms with Gasteiger partial charge in [0.2, 0.25) is 5.28 Å². The van der Waals surface area contributed by atoms with Gasteiger partial charge in [-0.1, -0.05) is 56.3 Å². The summed E-state index contributed by atoms with van der Waals surface area (Å²) in [7, 11) is 0. The van der Waals surface area contributed by atoms with Crippen LogP contribution in [0.15, 0.2) is 60.7 Å². The zero-order valence-electron chi connectivity index (χ0n) is 18.7. The van der Waals surface area contributed by atoms with Crippen molar-refractivity contribution in [2.24, 2.45) is 0 Å². The van der Waals surface area contributed by atoms with E-state index in [1.807, 2.05) is 47.4 Å². The zero-order valence-corrected chi connectivity index (χ0v) is 20.2. The number of halogens is 1. The van der Waals surface area contributed by atoms with Gasteiger partial charge in [0.1, 0.15) is 10.6 Å². The zero-order chi connectivity index (χ0) is 22.9. The lowest BCUT2D eigenvalue weighted by atomic mass is 10.0. The number of aromatic nitrogens is 2. The van der Waals surface area contributed by atoms with Crippen LogP contribution in [0.1, 0.15) is 35.0 Å². The second-order valence-electron chi connectivity index (χ2n) is 8.56. The number of rotatable bonds is 4. The van der Waals surface area contributed by atoms with Crippen LogP contribution in [0.5, 0.6) is 0 Å². The van der Waals surface area contributed by atoms with E-state index in [0.29, 0.717) is 32.1 Å². The second kappa shape index (κ2) is 9.12. The molecule has 7 heteroatoms. The Kier molecular flexibility index (Phi) is 6.04. The van der Waals surface area contributed by atoms with Crippen LogP contribution in [0, 0.1) is 0 Å². The Morgan fingerprint density at radius 2 is 1.61 bits per heavy atom. The first-order valence-electron chi connectivity index (χ1n) is 11.2. The molecule has 5 rings (SSSR count). The molecule has 0 spiro atoms. The molecule has 1 fully saturated rings. The summed E-state index contributed by atoms with van der Waals surface area (Å²) in [4.78, 5) is 28.4. The largest absolute Gasteiger partial charge is 0.352 e. The Hall–Kier alpha value is -2.96. The van der Waals surface area contributed by atoms with E-state index in [4.69, 9.17) is 11.6 Å². The molecule has 1 aliphatic heterocycles. The predicted octanol–water partition coefficient (Wildman–Crippen LogP) is 6.10. The Balaban J connectivity index is 1.30. The van der Waals surface area contributed by atoms with Crippen LogP contribution in [0.3, 0.4) is 0 Å².